The second-order valence-corrected chi connectivity index (χ2v) is 17.8. The van der Waals surface area contributed by atoms with Gasteiger partial charge in [-0.3, -0.25) is 14.6 Å². The molecule has 3 heterocycles. The van der Waals surface area contributed by atoms with Crippen molar-refractivity contribution in [3.63, 3.8) is 0 Å². The molecule has 1 aliphatic heterocycles. The fraction of sp³-hybridized carbons (Fsp3) is 0.143. The summed E-state index contributed by atoms with van der Waals surface area (Å²) in [5.41, 5.74) is 12.8. The number of aliphatic imine (C=N–C) groups is 2. The van der Waals surface area contributed by atoms with Crippen molar-refractivity contribution >= 4 is 82.3 Å². The zero-order valence-corrected chi connectivity index (χ0v) is 33.9. The highest BCUT2D eigenvalue weighted by Gasteiger charge is 2.42. The summed E-state index contributed by atoms with van der Waals surface area (Å²) in [4.78, 5) is 11.7. The number of aromatic nitrogens is 2. The van der Waals surface area contributed by atoms with Gasteiger partial charge in [0.25, 0.3) is 0 Å². The quantitative estimate of drug-likeness (QED) is 0.168. The fourth-order valence-corrected chi connectivity index (χ4v) is 11.2. The second kappa shape index (κ2) is 12.0. The van der Waals surface area contributed by atoms with E-state index in [9.17, 15) is 0 Å². The normalized spacial score (nSPS) is 20.4. The molecule has 4 heteroatoms. The Labute approximate surface area is 348 Å². The number of hydrogen-bond donors (Lipinski definition) is 0. The molecule has 0 saturated heterocycles. The van der Waals surface area contributed by atoms with Crippen LogP contribution in [-0.2, 0) is 5.41 Å². The SMILES string of the molecule is CC1(C)C2=C(CCC=C2)c2c(C3=NC4C=CC=CC4(C)N=C3n3c4cc(-n5c6ccccc6c6c7ccccc7ccc65)ccc4c4c5ccccc5ccc43)cccc21. The van der Waals surface area contributed by atoms with Gasteiger partial charge in [0.2, 0.25) is 0 Å². The summed E-state index contributed by atoms with van der Waals surface area (Å²) in [5, 5.41) is 9.95. The molecule has 2 atom stereocenters. The molecule has 286 valence electrons. The molecule has 9 aromatic rings. The van der Waals surface area contributed by atoms with Crippen molar-refractivity contribution in [2.24, 2.45) is 9.98 Å². The van der Waals surface area contributed by atoms with E-state index in [1.807, 2.05) is 0 Å². The van der Waals surface area contributed by atoms with Crippen LogP contribution in [0.3, 0.4) is 0 Å². The molecule has 2 aromatic heterocycles. The first-order chi connectivity index (χ1) is 29.4. The van der Waals surface area contributed by atoms with Crippen LogP contribution in [0.15, 0.2) is 185 Å². The monoisotopic (exact) mass is 770 g/mol. The summed E-state index contributed by atoms with van der Waals surface area (Å²) in [6, 6.07) is 49.4. The lowest BCUT2D eigenvalue weighted by molar-refractivity contribution is 0.513. The molecule has 13 rings (SSSR count). The van der Waals surface area contributed by atoms with Crippen molar-refractivity contribution in [3.05, 3.63) is 192 Å². The van der Waals surface area contributed by atoms with Gasteiger partial charge in [-0.25, -0.2) is 0 Å². The Morgan fingerprint density at radius 3 is 2.10 bits per heavy atom. The van der Waals surface area contributed by atoms with Crippen LogP contribution < -0.4 is 0 Å². The van der Waals surface area contributed by atoms with Gasteiger partial charge in [0.1, 0.15) is 11.3 Å². The molecule has 60 heavy (non-hydrogen) atoms. The molecule has 7 aromatic carbocycles. The van der Waals surface area contributed by atoms with E-state index in [4.69, 9.17) is 9.98 Å². The number of rotatable bonds is 2. The summed E-state index contributed by atoms with van der Waals surface area (Å²) in [6.07, 6.45) is 15.5. The van der Waals surface area contributed by atoms with Gasteiger partial charge < -0.3 is 4.57 Å². The molecular formula is C56H42N4. The molecular weight excluding hydrogens is 729 g/mol. The maximum atomic E-state index is 5.88. The van der Waals surface area contributed by atoms with E-state index in [2.05, 4.69) is 200 Å². The van der Waals surface area contributed by atoms with Crippen molar-refractivity contribution in [2.45, 2.75) is 50.6 Å². The standard InChI is InChI=1S/C56H42N4/c1-55(2)43-22-10-8-19-39(43)50-42(21-14-23-44(50)55)53-54(58-56(3)32-13-12-25-49(56)57-53)60-47-31-27-35-16-5-7-18-38(35)52(47)41-29-28-36(33-48(41)60)59-45-24-11-9-20-40(45)51-37-17-6-4-15-34(37)26-30-46(51)59/h4-7,9-18,20-33,49H,8,19H2,1-3H3. The van der Waals surface area contributed by atoms with Crippen molar-refractivity contribution in [2.75, 3.05) is 0 Å². The van der Waals surface area contributed by atoms with Crippen LogP contribution in [-0.4, -0.2) is 32.3 Å². The molecule has 0 fully saturated rings. The number of allylic oxidation sites excluding steroid dienone is 6. The van der Waals surface area contributed by atoms with Gasteiger partial charge in [-0.2, -0.15) is 0 Å². The van der Waals surface area contributed by atoms with Crippen LogP contribution in [0.2, 0.25) is 0 Å². The number of hydrogen-bond acceptors (Lipinski definition) is 2. The van der Waals surface area contributed by atoms with Gasteiger partial charge in [-0.15, -0.1) is 0 Å². The summed E-state index contributed by atoms with van der Waals surface area (Å²) in [5.74, 6) is 0.890. The highest BCUT2D eigenvalue weighted by Crippen LogP contribution is 2.52. The Kier molecular flexibility index (Phi) is 6.79. The zero-order valence-electron chi connectivity index (χ0n) is 33.9. The van der Waals surface area contributed by atoms with Crippen LogP contribution in [0.25, 0.3) is 76.4 Å². The number of nitrogens with zero attached hydrogens (tertiary/aromatic N) is 4. The lowest BCUT2D eigenvalue weighted by Crippen LogP contribution is -2.43. The Balaban J connectivity index is 1.14. The minimum Gasteiger partial charge on any atom is -0.309 e. The number of fused-ring (bicyclic) bond motifs is 13. The molecule has 0 amide bonds. The van der Waals surface area contributed by atoms with E-state index >= 15 is 0 Å². The average Bonchev–Trinajstić information content (AvgIpc) is 3.89. The molecule has 0 saturated carbocycles. The predicted molar refractivity (Wildman–Crippen MR) is 253 cm³/mol. The van der Waals surface area contributed by atoms with Gasteiger partial charge in [-0.1, -0.05) is 153 Å². The van der Waals surface area contributed by atoms with Gasteiger partial charge in [0.05, 0.1) is 28.1 Å². The molecule has 0 radical (unpaired) electrons. The molecule has 4 aliphatic rings. The van der Waals surface area contributed by atoms with E-state index in [-0.39, 0.29) is 11.5 Å². The molecule has 2 unspecified atom stereocenters. The van der Waals surface area contributed by atoms with Crippen molar-refractivity contribution in [3.8, 4) is 5.69 Å². The third kappa shape index (κ3) is 4.46. The topological polar surface area (TPSA) is 34.6 Å². The Morgan fingerprint density at radius 2 is 1.32 bits per heavy atom. The minimum atomic E-state index is -0.548. The van der Waals surface area contributed by atoms with Crippen molar-refractivity contribution in [1.82, 2.24) is 9.13 Å². The molecule has 0 N–H and O–H groups in total. The maximum absolute atomic E-state index is 5.88. The van der Waals surface area contributed by atoms with Crippen LogP contribution in [0.1, 0.15) is 50.3 Å². The molecule has 4 nitrogen and oxygen atoms in total. The molecule has 3 aliphatic carbocycles. The van der Waals surface area contributed by atoms with Gasteiger partial charge in [0, 0.05) is 38.2 Å². The maximum Gasteiger partial charge on any atom is 0.160 e. The van der Waals surface area contributed by atoms with E-state index in [1.165, 1.54) is 82.0 Å². The summed E-state index contributed by atoms with van der Waals surface area (Å²) >= 11 is 0. The van der Waals surface area contributed by atoms with Crippen LogP contribution in [0.5, 0.6) is 0 Å². The van der Waals surface area contributed by atoms with Crippen molar-refractivity contribution in [1.29, 1.82) is 0 Å². The lowest BCUT2D eigenvalue weighted by Gasteiger charge is -2.35. The summed E-state index contributed by atoms with van der Waals surface area (Å²) in [6.45, 7) is 7.00. The zero-order chi connectivity index (χ0) is 39.9. The van der Waals surface area contributed by atoms with Gasteiger partial charge >= 0.3 is 0 Å². The Hall–Kier alpha value is -7.04. The first-order valence-electron chi connectivity index (χ1n) is 21.4. The average molecular weight is 771 g/mol. The van der Waals surface area contributed by atoms with Gasteiger partial charge in [0.15, 0.2) is 5.84 Å². The molecule has 0 spiro atoms. The van der Waals surface area contributed by atoms with Gasteiger partial charge in [-0.05, 0) is 93.9 Å². The predicted octanol–water partition coefficient (Wildman–Crippen LogP) is 13.6. The summed E-state index contributed by atoms with van der Waals surface area (Å²) in [7, 11) is 0. The van der Waals surface area contributed by atoms with E-state index in [0.717, 1.165) is 41.1 Å². The number of benzene rings is 7. The van der Waals surface area contributed by atoms with E-state index in [1.54, 1.807) is 0 Å². The van der Waals surface area contributed by atoms with Crippen LogP contribution in [0.4, 0.5) is 0 Å². The Morgan fingerprint density at radius 1 is 0.617 bits per heavy atom. The first kappa shape index (κ1) is 33.9. The fourth-order valence-electron chi connectivity index (χ4n) is 11.2. The highest BCUT2D eigenvalue weighted by molar-refractivity contribution is 6.51. The lowest BCUT2D eigenvalue weighted by atomic mass is 9.80. The third-order valence-electron chi connectivity index (χ3n) is 14.1. The largest absolute Gasteiger partial charge is 0.309 e. The Bertz CT molecular complexity index is 3590. The summed E-state index contributed by atoms with van der Waals surface area (Å²) < 4.78 is 4.91. The van der Waals surface area contributed by atoms with Crippen LogP contribution in [0, 0.1) is 0 Å². The van der Waals surface area contributed by atoms with E-state index < -0.39 is 5.54 Å². The second-order valence-electron chi connectivity index (χ2n) is 17.8. The first-order valence-corrected chi connectivity index (χ1v) is 21.4. The van der Waals surface area contributed by atoms with E-state index in [0.29, 0.717) is 0 Å². The third-order valence-corrected chi connectivity index (χ3v) is 14.1. The highest BCUT2D eigenvalue weighted by atomic mass is 15.2. The number of para-hydroxylation sites is 1. The van der Waals surface area contributed by atoms with Crippen molar-refractivity contribution < 1.29 is 0 Å². The minimum absolute atomic E-state index is 0.0968. The van der Waals surface area contributed by atoms with Crippen LogP contribution >= 0.6 is 0 Å². The smallest absolute Gasteiger partial charge is 0.160 e. The molecule has 0 bridgehead atoms.